The van der Waals surface area contributed by atoms with E-state index in [2.05, 4.69) is 18.3 Å². The Morgan fingerprint density at radius 1 is 1.56 bits per heavy atom. The molecule has 0 saturated carbocycles. The van der Waals surface area contributed by atoms with E-state index in [1.165, 1.54) is 11.6 Å². The van der Waals surface area contributed by atoms with Gasteiger partial charge in [-0.1, -0.05) is 25.1 Å². The Kier molecular flexibility index (Phi) is 4.77. The molecule has 0 aliphatic rings. The smallest absolute Gasteiger partial charge is 0.157 e. The predicted octanol–water partition coefficient (Wildman–Crippen LogP) is 2.33. The van der Waals surface area contributed by atoms with Gasteiger partial charge in [-0.05, 0) is 24.5 Å². The second-order valence-corrected chi connectivity index (χ2v) is 3.55. The van der Waals surface area contributed by atoms with Gasteiger partial charge in [0.2, 0.25) is 0 Å². The maximum absolute atomic E-state index is 10.3. The van der Waals surface area contributed by atoms with Crippen molar-refractivity contribution in [3.05, 3.63) is 35.4 Å². The summed E-state index contributed by atoms with van der Waals surface area (Å²) in [5.74, 6) is 1.73. The number of para-hydroxylation sites is 1. The van der Waals surface area contributed by atoms with Gasteiger partial charge in [0.1, 0.15) is 5.94 Å². The third-order valence-electron chi connectivity index (χ3n) is 2.50. The van der Waals surface area contributed by atoms with E-state index in [1.54, 1.807) is 13.1 Å². The zero-order chi connectivity index (χ0) is 12.0. The van der Waals surface area contributed by atoms with Gasteiger partial charge < -0.3 is 10.1 Å². The van der Waals surface area contributed by atoms with Crippen molar-refractivity contribution in [2.45, 2.75) is 26.5 Å². The first kappa shape index (κ1) is 12.5. The van der Waals surface area contributed by atoms with E-state index in [-0.39, 0.29) is 0 Å². The number of rotatable bonds is 5. The monoisotopic (exact) mass is 219 g/mol. The number of hydrogen-bond acceptors (Lipinski definition) is 3. The molecule has 1 atom stereocenters. The van der Waals surface area contributed by atoms with E-state index in [4.69, 9.17) is 4.74 Å². The third kappa shape index (κ3) is 2.96. The molecule has 0 aromatic heterocycles. The van der Waals surface area contributed by atoms with E-state index in [1.807, 2.05) is 19.1 Å². The molecule has 0 aliphatic carbocycles. The molecule has 0 bridgehead atoms. The molecule has 1 rings (SSSR count). The number of benzene rings is 1. The quantitative estimate of drug-likeness (QED) is 0.610. The number of aryl methyl sites for hydroxylation is 2. The minimum atomic E-state index is -0.427. The van der Waals surface area contributed by atoms with Crippen molar-refractivity contribution in [2.75, 3.05) is 12.4 Å². The lowest BCUT2D eigenvalue weighted by Crippen LogP contribution is -2.20. The van der Waals surface area contributed by atoms with E-state index in [9.17, 15) is 4.79 Å². The van der Waals surface area contributed by atoms with Crippen molar-refractivity contribution in [3.8, 4) is 0 Å². The highest BCUT2D eigenvalue weighted by atomic mass is 16.5. The molecule has 0 aliphatic heterocycles. The molecule has 0 radical (unpaired) electrons. The molecule has 86 valence electrons. The van der Waals surface area contributed by atoms with Crippen LogP contribution in [-0.2, 0) is 16.0 Å². The van der Waals surface area contributed by atoms with Crippen LogP contribution >= 0.6 is 0 Å². The highest BCUT2D eigenvalue weighted by Crippen LogP contribution is 2.22. The number of ether oxygens (including phenoxy) is 1. The van der Waals surface area contributed by atoms with Crippen LogP contribution in [0.5, 0.6) is 0 Å². The lowest BCUT2D eigenvalue weighted by Gasteiger charge is -2.18. The Hall–Kier alpha value is -1.57. The molecular formula is C13H17NO2. The van der Waals surface area contributed by atoms with Crippen LogP contribution in [0.25, 0.3) is 0 Å². The first-order valence-electron chi connectivity index (χ1n) is 5.31. The fourth-order valence-electron chi connectivity index (χ4n) is 1.60. The molecule has 0 heterocycles. The molecule has 1 unspecified atom stereocenters. The summed E-state index contributed by atoms with van der Waals surface area (Å²) in [6.45, 7) is 4.12. The van der Waals surface area contributed by atoms with Gasteiger partial charge in [0.15, 0.2) is 6.23 Å². The molecule has 3 nitrogen and oxygen atoms in total. The summed E-state index contributed by atoms with van der Waals surface area (Å²) >= 11 is 0. The van der Waals surface area contributed by atoms with Crippen LogP contribution in [0.2, 0.25) is 0 Å². The summed E-state index contributed by atoms with van der Waals surface area (Å²) in [6, 6.07) is 6.11. The molecule has 0 fully saturated rings. The maximum atomic E-state index is 10.3. The van der Waals surface area contributed by atoms with Crippen LogP contribution in [0.3, 0.4) is 0 Å². The van der Waals surface area contributed by atoms with Gasteiger partial charge in [0.25, 0.3) is 0 Å². The van der Waals surface area contributed by atoms with Crippen LogP contribution in [-0.4, -0.2) is 19.3 Å². The zero-order valence-electron chi connectivity index (χ0n) is 9.91. The predicted molar refractivity (Wildman–Crippen MR) is 65.2 cm³/mol. The maximum Gasteiger partial charge on any atom is 0.157 e. The molecule has 3 heteroatoms. The van der Waals surface area contributed by atoms with E-state index < -0.39 is 6.23 Å². The lowest BCUT2D eigenvalue weighted by atomic mass is 10.1. The van der Waals surface area contributed by atoms with Gasteiger partial charge in [-0.2, -0.15) is 0 Å². The molecule has 1 N–H and O–H groups in total. The molecule has 16 heavy (non-hydrogen) atoms. The average molecular weight is 219 g/mol. The van der Waals surface area contributed by atoms with E-state index in [0.29, 0.717) is 0 Å². The molecule has 0 spiro atoms. The summed E-state index contributed by atoms with van der Waals surface area (Å²) in [7, 11) is 1.55. The minimum absolute atomic E-state index is 0.427. The first-order chi connectivity index (χ1) is 7.72. The number of nitrogens with one attached hydrogen (secondary N) is 1. The van der Waals surface area contributed by atoms with E-state index in [0.717, 1.165) is 17.7 Å². The Labute approximate surface area is 96.1 Å². The Bertz CT molecular complexity index is 395. The highest BCUT2D eigenvalue weighted by molar-refractivity contribution is 5.59. The van der Waals surface area contributed by atoms with Crippen LogP contribution < -0.4 is 5.32 Å². The molecular weight excluding hydrogens is 202 g/mol. The van der Waals surface area contributed by atoms with Gasteiger partial charge in [-0.25, -0.2) is 4.79 Å². The molecule has 0 saturated heterocycles. The van der Waals surface area contributed by atoms with Crippen molar-refractivity contribution in [3.63, 3.8) is 0 Å². The highest BCUT2D eigenvalue weighted by Gasteiger charge is 2.08. The molecule has 0 amide bonds. The summed E-state index contributed by atoms with van der Waals surface area (Å²) in [5.41, 5.74) is 3.38. The van der Waals surface area contributed by atoms with Crippen molar-refractivity contribution in [2.24, 2.45) is 0 Å². The summed E-state index contributed by atoms with van der Waals surface area (Å²) in [5, 5.41) is 3.18. The number of anilines is 1. The summed E-state index contributed by atoms with van der Waals surface area (Å²) in [6.07, 6.45) is 1.83. The fraction of sp³-hybridized carbons (Fsp3) is 0.385. The van der Waals surface area contributed by atoms with Gasteiger partial charge in [-0.3, -0.25) is 0 Å². The van der Waals surface area contributed by atoms with Crippen molar-refractivity contribution >= 4 is 11.6 Å². The molecule has 1 aromatic carbocycles. The standard InChI is InChI=1S/C13H17NO2/c1-4-11-7-5-6-10(2)13(11)14-12(16-3)8-9-15/h5-8,12,14H,4H2,1-3H3. The van der Waals surface area contributed by atoms with Gasteiger partial charge in [0, 0.05) is 18.9 Å². The van der Waals surface area contributed by atoms with E-state index >= 15 is 0 Å². The summed E-state index contributed by atoms with van der Waals surface area (Å²) in [4.78, 5) is 10.3. The number of methoxy groups -OCH3 is 1. The largest absolute Gasteiger partial charge is 0.357 e. The van der Waals surface area contributed by atoms with Crippen molar-refractivity contribution in [1.29, 1.82) is 0 Å². The SMILES string of the molecule is CCc1cccc(C)c1NC(C=C=O)OC. The van der Waals surface area contributed by atoms with Crippen LogP contribution in [0.15, 0.2) is 24.3 Å². The van der Waals surface area contributed by atoms with Crippen molar-refractivity contribution in [1.82, 2.24) is 0 Å². The second-order valence-electron chi connectivity index (χ2n) is 3.55. The number of carbonyl (C=O) groups excluding carboxylic acids is 1. The average Bonchev–Trinajstić information content (AvgIpc) is 2.30. The summed E-state index contributed by atoms with van der Waals surface area (Å²) < 4.78 is 5.12. The Morgan fingerprint density at radius 3 is 2.88 bits per heavy atom. The van der Waals surface area contributed by atoms with Gasteiger partial charge >= 0.3 is 0 Å². The minimum Gasteiger partial charge on any atom is -0.357 e. The van der Waals surface area contributed by atoms with Gasteiger partial charge in [-0.15, -0.1) is 0 Å². The van der Waals surface area contributed by atoms with Crippen LogP contribution in [0, 0.1) is 6.92 Å². The lowest BCUT2D eigenvalue weighted by molar-refractivity contribution is 0.163. The molecule has 1 aromatic rings. The normalized spacial score (nSPS) is 11.7. The van der Waals surface area contributed by atoms with Crippen molar-refractivity contribution < 1.29 is 9.53 Å². The van der Waals surface area contributed by atoms with Crippen LogP contribution in [0.1, 0.15) is 18.1 Å². The second kappa shape index (κ2) is 6.11. The number of hydrogen-bond donors (Lipinski definition) is 1. The van der Waals surface area contributed by atoms with Gasteiger partial charge in [0.05, 0.1) is 0 Å². The third-order valence-corrected chi connectivity index (χ3v) is 2.50. The first-order valence-corrected chi connectivity index (χ1v) is 5.31. The topological polar surface area (TPSA) is 38.3 Å². The van der Waals surface area contributed by atoms with Crippen LogP contribution in [0.4, 0.5) is 5.69 Å². The fourth-order valence-corrected chi connectivity index (χ4v) is 1.60. The Balaban J connectivity index is 2.98. The zero-order valence-corrected chi connectivity index (χ0v) is 9.91. The Morgan fingerprint density at radius 2 is 2.31 bits per heavy atom.